The third-order valence-corrected chi connectivity index (χ3v) is 4.19. The molecule has 0 aliphatic heterocycles. The molecule has 0 radical (unpaired) electrons. The Balaban J connectivity index is 1.64. The lowest BCUT2D eigenvalue weighted by molar-refractivity contribution is 1.11. The Morgan fingerprint density at radius 1 is 1.00 bits per heavy atom. The van der Waals surface area contributed by atoms with Gasteiger partial charge in [0.05, 0.1) is 5.56 Å². The first kappa shape index (κ1) is 14.4. The molecule has 4 rings (SSSR count). The van der Waals surface area contributed by atoms with E-state index in [1.165, 1.54) is 18.4 Å². The summed E-state index contributed by atoms with van der Waals surface area (Å²) in [5, 5.41) is 12.7. The summed E-state index contributed by atoms with van der Waals surface area (Å²) in [4.78, 5) is 8.78. The molecular weight excluding hydrogens is 296 g/mol. The molecule has 1 saturated carbocycles. The largest absolute Gasteiger partial charge is 0.324 e. The molecule has 4 nitrogen and oxygen atoms in total. The average molecular weight is 312 g/mol. The van der Waals surface area contributed by atoms with Crippen molar-refractivity contribution in [3.8, 4) is 17.2 Å². The second kappa shape index (κ2) is 6.13. The first-order valence-corrected chi connectivity index (χ1v) is 8.02. The number of hydrogen-bond donors (Lipinski definition) is 1. The highest BCUT2D eigenvalue weighted by Crippen LogP contribution is 2.40. The Morgan fingerprint density at radius 2 is 1.83 bits per heavy atom. The molecule has 4 heteroatoms. The van der Waals surface area contributed by atoms with Gasteiger partial charge in [0.15, 0.2) is 0 Å². The summed E-state index contributed by atoms with van der Waals surface area (Å²) in [5.41, 5.74) is 3.78. The number of nitriles is 1. The minimum Gasteiger partial charge on any atom is -0.324 e. The SMILES string of the molecule is N#Cc1cc(-c2ccccc2)cnc1Nc1cc(C2CC2)ccn1. The van der Waals surface area contributed by atoms with Crippen LogP contribution in [0.4, 0.5) is 11.6 Å². The second-order valence-electron chi connectivity index (χ2n) is 5.97. The van der Waals surface area contributed by atoms with Gasteiger partial charge in [-0.2, -0.15) is 5.26 Å². The lowest BCUT2D eigenvalue weighted by Crippen LogP contribution is -2.00. The zero-order chi connectivity index (χ0) is 16.4. The van der Waals surface area contributed by atoms with Crippen LogP contribution in [0.2, 0.25) is 0 Å². The molecule has 3 aromatic rings. The van der Waals surface area contributed by atoms with E-state index in [-0.39, 0.29) is 0 Å². The fourth-order valence-corrected chi connectivity index (χ4v) is 2.75. The Morgan fingerprint density at radius 3 is 2.58 bits per heavy atom. The zero-order valence-corrected chi connectivity index (χ0v) is 13.1. The van der Waals surface area contributed by atoms with Gasteiger partial charge in [0, 0.05) is 18.0 Å². The smallest absolute Gasteiger partial charge is 0.149 e. The number of nitrogens with one attached hydrogen (secondary N) is 1. The number of pyridine rings is 2. The molecule has 0 unspecified atom stereocenters. The molecule has 1 fully saturated rings. The highest BCUT2D eigenvalue weighted by molar-refractivity contribution is 5.69. The van der Waals surface area contributed by atoms with Gasteiger partial charge < -0.3 is 5.32 Å². The highest BCUT2D eigenvalue weighted by Gasteiger charge is 2.23. The van der Waals surface area contributed by atoms with Crippen molar-refractivity contribution < 1.29 is 0 Å². The highest BCUT2D eigenvalue weighted by atomic mass is 15.1. The van der Waals surface area contributed by atoms with E-state index in [1.54, 1.807) is 12.4 Å². The van der Waals surface area contributed by atoms with Crippen molar-refractivity contribution in [2.75, 3.05) is 5.32 Å². The summed E-state index contributed by atoms with van der Waals surface area (Å²) in [7, 11) is 0. The van der Waals surface area contributed by atoms with E-state index in [0.717, 1.165) is 16.9 Å². The summed E-state index contributed by atoms with van der Waals surface area (Å²) in [6, 6.07) is 18.1. The molecule has 116 valence electrons. The quantitative estimate of drug-likeness (QED) is 0.762. The van der Waals surface area contributed by atoms with Gasteiger partial charge in [-0.15, -0.1) is 0 Å². The van der Waals surface area contributed by atoms with E-state index >= 15 is 0 Å². The van der Waals surface area contributed by atoms with E-state index in [1.807, 2.05) is 42.5 Å². The zero-order valence-electron chi connectivity index (χ0n) is 13.1. The molecule has 1 N–H and O–H groups in total. The van der Waals surface area contributed by atoms with Gasteiger partial charge in [-0.1, -0.05) is 30.3 Å². The first-order valence-electron chi connectivity index (χ1n) is 8.02. The molecule has 24 heavy (non-hydrogen) atoms. The summed E-state index contributed by atoms with van der Waals surface area (Å²) in [5.74, 6) is 1.94. The van der Waals surface area contributed by atoms with Crippen LogP contribution >= 0.6 is 0 Å². The molecule has 0 spiro atoms. The van der Waals surface area contributed by atoms with E-state index in [9.17, 15) is 5.26 Å². The lowest BCUT2D eigenvalue weighted by Gasteiger charge is -2.09. The normalized spacial score (nSPS) is 13.3. The number of rotatable bonds is 4. The van der Waals surface area contributed by atoms with Crippen molar-refractivity contribution >= 4 is 11.6 Å². The minimum absolute atomic E-state index is 0.509. The average Bonchev–Trinajstić information content (AvgIpc) is 3.48. The van der Waals surface area contributed by atoms with Gasteiger partial charge in [0.25, 0.3) is 0 Å². The lowest BCUT2D eigenvalue weighted by atomic mass is 10.1. The fraction of sp³-hybridized carbons (Fsp3) is 0.150. The van der Waals surface area contributed by atoms with Crippen LogP contribution in [-0.2, 0) is 0 Å². The molecule has 0 amide bonds. The third-order valence-electron chi connectivity index (χ3n) is 4.19. The van der Waals surface area contributed by atoms with Crippen molar-refractivity contribution in [3.05, 3.63) is 72.1 Å². The van der Waals surface area contributed by atoms with Crippen LogP contribution < -0.4 is 5.32 Å². The van der Waals surface area contributed by atoms with Crippen LogP contribution in [0.1, 0.15) is 29.9 Å². The van der Waals surface area contributed by atoms with Crippen LogP contribution in [0.3, 0.4) is 0 Å². The molecule has 0 bridgehead atoms. The molecule has 1 aromatic carbocycles. The molecule has 1 aliphatic carbocycles. The Kier molecular flexibility index (Phi) is 3.68. The van der Waals surface area contributed by atoms with Crippen LogP contribution in [0.25, 0.3) is 11.1 Å². The molecule has 2 aromatic heterocycles. The van der Waals surface area contributed by atoms with Gasteiger partial charge in [0.2, 0.25) is 0 Å². The Labute approximate surface area is 140 Å². The summed E-state index contributed by atoms with van der Waals surface area (Å²) in [6.07, 6.45) is 6.08. The maximum atomic E-state index is 9.47. The topological polar surface area (TPSA) is 61.6 Å². The monoisotopic (exact) mass is 312 g/mol. The van der Waals surface area contributed by atoms with Crippen LogP contribution in [0.15, 0.2) is 60.9 Å². The Bertz CT molecular complexity index is 908. The minimum atomic E-state index is 0.509. The van der Waals surface area contributed by atoms with Gasteiger partial charge in [-0.05, 0) is 48.1 Å². The molecule has 0 atom stereocenters. The maximum absolute atomic E-state index is 9.47. The van der Waals surface area contributed by atoms with E-state index < -0.39 is 0 Å². The van der Waals surface area contributed by atoms with Crippen LogP contribution in [-0.4, -0.2) is 9.97 Å². The van der Waals surface area contributed by atoms with Gasteiger partial charge in [-0.25, -0.2) is 9.97 Å². The Hall–Kier alpha value is -3.19. The maximum Gasteiger partial charge on any atom is 0.149 e. The van der Waals surface area contributed by atoms with E-state index in [0.29, 0.717) is 17.3 Å². The van der Waals surface area contributed by atoms with Crippen molar-refractivity contribution in [1.29, 1.82) is 5.26 Å². The number of nitrogens with zero attached hydrogens (tertiary/aromatic N) is 3. The number of aromatic nitrogens is 2. The van der Waals surface area contributed by atoms with E-state index in [4.69, 9.17) is 0 Å². The standard InChI is InChI=1S/C20H16N4/c21-12-17-10-18(14-4-2-1-3-5-14)13-23-20(17)24-19-11-16(8-9-22-19)15-6-7-15/h1-5,8-11,13,15H,6-7H2,(H,22,23,24). The number of anilines is 2. The van der Waals surface area contributed by atoms with Gasteiger partial charge in [0.1, 0.15) is 17.7 Å². The van der Waals surface area contributed by atoms with Crippen LogP contribution in [0.5, 0.6) is 0 Å². The van der Waals surface area contributed by atoms with Crippen molar-refractivity contribution in [2.24, 2.45) is 0 Å². The summed E-state index contributed by atoms with van der Waals surface area (Å²) >= 11 is 0. The molecule has 2 heterocycles. The molecule has 1 aliphatic rings. The predicted octanol–water partition coefficient (Wildman–Crippen LogP) is 4.64. The van der Waals surface area contributed by atoms with Crippen LogP contribution in [0, 0.1) is 11.3 Å². The summed E-state index contributed by atoms with van der Waals surface area (Å²) in [6.45, 7) is 0. The third kappa shape index (κ3) is 2.97. The van der Waals surface area contributed by atoms with Crippen molar-refractivity contribution in [3.63, 3.8) is 0 Å². The van der Waals surface area contributed by atoms with Gasteiger partial charge >= 0.3 is 0 Å². The number of hydrogen-bond acceptors (Lipinski definition) is 4. The van der Waals surface area contributed by atoms with Gasteiger partial charge in [-0.3, -0.25) is 0 Å². The molecular formula is C20H16N4. The predicted molar refractivity (Wildman–Crippen MR) is 93.9 cm³/mol. The first-order chi connectivity index (χ1) is 11.8. The molecule has 0 saturated heterocycles. The fourth-order valence-electron chi connectivity index (χ4n) is 2.75. The second-order valence-corrected chi connectivity index (χ2v) is 5.97. The van der Waals surface area contributed by atoms with Crippen molar-refractivity contribution in [1.82, 2.24) is 9.97 Å². The number of benzene rings is 1. The van der Waals surface area contributed by atoms with Crippen molar-refractivity contribution in [2.45, 2.75) is 18.8 Å². The van der Waals surface area contributed by atoms with E-state index in [2.05, 4.69) is 27.4 Å². The summed E-state index contributed by atoms with van der Waals surface area (Å²) < 4.78 is 0.